The van der Waals surface area contributed by atoms with E-state index in [1.54, 1.807) is 0 Å². The van der Waals surface area contributed by atoms with Crippen molar-refractivity contribution in [1.82, 2.24) is 5.43 Å². The summed E-state index contributed by atoms with van der Waals surface area (Å²) in [4.78, 5) is 14.2. The number of ether oxygens (including phenoxy) is 1. The first-order valence-corrected chi connectivity index (χ1v) is 8.77. The molecule has 6 heteroatoms. The fourth-order valence-electron chi connectivity index (χ4n) is 2.72. The van der Waals surface area contributed by atoms with Crippen LogP contribution in [0.3, 0.4) is 0 Å². The Labute approximate surface area is 153 Å². The highest BCUT2D eigenvalue weighted by atomic mass is 16.5. The number of carbonyl (C=O) groups is 1. The van der Waals surface area contributed by atoms with E-state index >= 15 is 0 Å². The molecule has 2 aromatic rings. The lowest BCUT2D eigenvalue weighted by Crippen LogP contribution is -2.36. The predicted molar refractivity (Wildman–Crippen MR) is 105 cm³/mol. The van der Waals surface area contributed by atoms with Gasteiger partial charge in [0.15, 0.2) is 0 Å². The lowest BCUT2D eigenvalue weighted by atomic mass is 10.1. The van der Waals surface area contributed by atoms with Crippen molar-refractivity contribution >= 4 is 23.0 Å². The number of nitrogens with one attached hydrogen (secondary N) is 2. The Hall–Kier alpha value is -2.86. The molecule has 26 heavy (non-hydrogen) atoms. The maximum absolute atomic E-state index is 11.9. The minimum absolute atomic E-state index is 0.177. The molecule has 1 amide bonds. The van der Waals surface area contributed by atoms with E-state index < -0.39 is 0 Å². The van der Waals surface area contributed by atoms with Gasteiger partial charge in [-0.3, -0.25) is 4.79 Å². The van der Waals surface area contributed by atoms with Gasteiger partial charge >= 0.3 is 0 Å². The van der Waals surface area contributed by atoms with E-state index in [2.05, 4.69) is 32.9 Å². The SMILES string of the molecule is C/C(=N/NC(=O)CNc1ccccc1)c1ccc(N2CCOCC2)cc1. The summed E-state index contributed by atoms with van der Waals surface area (Å²) in [5.41, 5.74) is 6.43. The summed E-state index contributed by atoms with van der Waals surface area (Å²) in [6.45, 7) is 5.43. The Morgan fingerprint density at radius 1 is 1.08 bits per heavy atom. The second kappa shape index (κ2) is 9.01. The van der Waals surface area contributed by atoms with Crippen LogP contribution < -0.4 is 15.6 Å². The molecule has 0 spiro atoms. The third-order valence-electron chi connectivity index (χ3n) is 4.24. The van der Waals surface area contributed by atoms with Crippen LogP contribution in [0.2, 0.25) is 0 Å². The number of morpholine rings is 1. The first kappa shape index (κ1) is 17.9. The Morgan fingerprint density at radius 2 is 1.77 bits per heavy atom. The summed E-state index contributed by atoms with van der Waals surface area (Å²) < 4.78 is 5.38. The summed E-state index contributed by atoms with van der Waals surface area (Å²) >= 11 is 0. The van der Waals surface area contributed by atoms with Gasteiger partial charge in [-0.2, -0.15) is 5.10 Å². The van der Waals surface area contributed by atoms with E-state index in [4.69, 9.17) is 4.74 Å². The minimum atomic E-state index is -0.182. The van der Waals surface area contributed by atoms with Crippen LogP contribution in [0.15, 0.2) is 59.7 Å². The lowest BCUT2D eigenvalue weighted by Gasteiger charge is -2.28. The standard InChI is InChI=1S/C20H24N4O2/c1-16(22-23-20(25)15-21-18-5-3-2-4-6-18)17-7-9-19(10-8-17)24-11-13-26-14-12-24/h2-10,21H,11-15H2,1H3,(H,23,25)/b22-16-. The van der Waals surface area contributed by atoms with Gasteiger partial charge < -0.3 is 15.0 Å². The molecule has 0 saturated carbocycles. The van der Waals surface area contributed by atoms with Gasteiger partial charge in [0.05, 0.1) is 25.5 Å². The molecule has 0 radical (unpaired) electrons. The number of rotatable bonds is 6. The molecule has 1 heterocycles. The molecule has 1 fully saturated rings. The molecular weight excluding hydrogens is 328 g/mol. The zero-order valence-corrected chi connectivity index (χ0v) is 14.9. The van der Waals surface area contributed by atoms with Crippen LogP contribution >= 0.6 is 0 Å². The number of nitrogens with zero attached hydrogens (tertiary/aromatic N) is 2. The number of hydrogen-bond donors (Lipinski definition) is 2. The van der Waals surface area contributed by atoms with Gasteiger partial charge in [0.25, 0.3) is 5.91 Å². The van der Waals surface area contributed by atoms with Gasteiger partial charge in [0.2, 0.25) is 0 Å². The third-order valence-corrected chi connectivity index (χ3v) is 4.24. The predicted octanol–water partition coefficient (Wildman–Crippen LogP) is 2.48. The van der Waals surface area contributed by atoms with Crippen molar-refractivity contribution < 1.29 is 9.53 Å². The first-order valence-electron chi connectivity index (χ1n) is 8.77. The Balaban J connectivity index is 1.51. The van der Waals surface area contributed by atoms with E-state index in [0.29, 0.717) is 0 Å². The van der Waals surface area contributed by atoms with Crippen molar-refractivity contribution in [2.45, 2.75) is 6.92 Å². The molecule has 1 aliphatic heterocycles. The number of hydrazone groups is 1. The van der Waals surface area contributed by atoms with E-state index in [0.717, 1.165) is 43.3 Å². The molecule has 2 N–H and O–H groups in total. The number of carbonyl (C=O) groups excluding carboxylic acids is 1. The topological polar surface area (TPSA) is 66.0 Å². The Morgan fingerprint density at radius 3 is 2.46 bits per heavy atom. The smallest absolute Gasteiger partial charge is 0.259 e. The highest BCUT2D eigenvalue weighted by Gasteiger charge is 2.11. The van der Waals surface area contributed by atoms with Crippen molar-refractivity contribution in [2.75, 3.05) is 43.1 Å². The third kappa shape index (κ3) is 5.07. The average Bonchev–Trinajstić information content (AvgIpc) is 2.72. The summed E-state index contributed by atoms with van der Waals surface area (Å²) in [6, 6.07) is 17.8. The Kier molecular flexibility index (Phi) is 6.22. The summed E-state index contributed by atoms with van der Waals surface area (Å²) in [5.74, 6) is -0.182. The normalized spacial score (nSPS) is 14.8. The maximum Gasteiger partial charge on any atom is 0.259 e. The number of para-hydroxylation sites is 1. The van der Waals surface area contributed by atoms with Gasteiger partial charge in [-0.15, -0.1) is 0 Å². The average molecular weight is 352 g/mol. The zero-order chi connectivity index (χ0) is 18.2. The van der Waals surface area contributed by atoms with Gasteiger partial charge in [-0.25, -0.2) is 5.43 Å². The van der Waals surface area contributed by atoms with Gasteiger partial charge in [-0.1, -0.05) is 30.3 Å². The number of amides is 1. The van der Waals surface area contributed by atoms with Crippen molar-refractivity contribution in [3.8, 4) is 0 Å². The Bertz CT molecular complexity index is 738. The molecule has 136 valence electrons. The molecule has 1 aliphatic rings. The van der Waals surface area contributed by atoms with E-state index in [-0.39, 0.29) is 12.5 Å². The van der Waals surface area contributed by atoms with E-state index in [1.165, 1.54) is 5.69 Å². The molecule has 0 bridgehead atoms. The van der Waals surface area contributed by atoms with Gasteiger partial charge in [0, 0.05) is 24.5 Å². The quantitative estimate of drug-likeness (QED) is 0.619. The van der Waals surface area contributed by atoms with Crippen LogP contribution in [-0.2, 0) is 9.53 Å². The lowest BCUT2D eigenvalue weighted by molar-refractivity contribution is -0.119. The molecule has 2 aromatic carbocycles. The number of benzene rings is 2. The summed E-state index contributed by atoms with van der Waals surface area (Å²) in [6.07, 6.45) is 0. The molecule has 0 aliphatic carbocycles. The highest BCUT2D eigenvalue weighted by molar-refractivity contribution is 5.99. The largest absolute Gasteiger partial charge is 0.378 e. The fraction of sp³-hybridized carbons (Fsp3) is 0.300. The highest BCUT2D eigenvalue weighted by Crippen LogP contribution is 2.17. The van der Waals surface area contributed by atoms with Gasteiger partial charge in [0.1, 0.15) is 0 Å². The minimum Gasteiger partial charge on any atom is -0.378 e. The van der Waals surface area contributed by atoms with Crippen molar-refractivity contribution in [2.24, 2.45) is 5.10 Å². The summed E-state index contributed by atoms with van der Waals surface area (Å²) in [7, 11) is 0. The second-order valence-electron chi connectivity index (χ2n) is 6.10. The number of hydrogen-bond acceptors (Lipinski definition) is 5. The molecular formula is C20H24N4O2. The van der Waals surface area contributed by atoms with Crippen LogP contribution in [0.1, 0.15) is 12.5 Å². The van der Waals surface area contributed by atoms with Gasteiger partial charge in [-0.05, 0) is 36.8 Å². The molecule has 0 aromatic heterocycles. The van der Waals surface area contributed by atoms with Crippen molar-refractivity contribution in [1.29, 1.82) is 0 Å². The maximum atomic E-state index is 11.9. The van der Waals surface area contributed by atoms with Crippen molar-refractivity contribution in [3.63, 3.8) is 0 Å². The van der Waals surface area contributed by atoms with E-state index in [9.17, 15) is 4.79 Å². The monoisotopic (exact) mass is 352 g/mol. The van der Waals surface area contributed by atoms with Crippen LogP contribution in [0.4, 0.5) is 11.4 Å². The van der Waals surface area contributed by atoms with E-state index in [1.807, 2.05) is 49.4 Å². The van der Waals surface area contributed by atoms with Crippen LogP contribution in [0, 0.1) is 0 Å². The first-order chi connectivity index (χ1) is 12.7. The number of anilines is 2. The molecule has 0 atom stereocenters. The van der Waals surface area contributed by atoms with Crippen LogP contribution in [0.25, 0.3) is 0 Å². The van der Waals surface area contributed by atoms with Crippen molar-refractivity contribution in [3.05, 3.63) is 60.2 Å². The molecule has 6 nitrogen and oxygen atoms in total. The molecule has 1 saturated heterocycles. The molecule has 0 unspecified atom stereocenters. The molecule has 3 rings (SSSR count). The second-order valence-corrected chi connectivity index (χ2v) is 6.10. The van der Waals surface area contributed by atoms with Crippen LogP contribution in [-0.4, -0.2) is 44.5 Å². The van der Waals surface area contributed by atoms with Crippen LogP contribution in [0.5, 0.6) is 0 Å². The summed E-state index contributed by atoms with van der Waals surface area (Å²) in [5, 5.41) is 7.25. The zero-order valence-electron chi connectivity index (χ0n) is 14.9. The fourth-order valence-corrected chi connectivity index (χ4v) is 2.72.